The second kappa shape index (κ2) is 9.41. The normalized spacial score (nSPS) is 13.3. The first-order chi connectivity index (χ1) is 13.6. The van der Waals surface area contributed by atoms with Gasteiger partial charge >= 0.3 is 0 Å². The van der Waals surface area contributed by atoms with Gasteiger partial charge in [-0.15, -0.1) is 0 Å². The summed E-state index contributed by atoms with van der Waals surface area (Å²) in [7, 11) is 0. The third kappa shape index (κ3) is 6.48. The topological polar surface area (TPSA) is 100 Å². The largest absolute Gasteiger partial charge is 0.467 e. The van der Waals surface area contributed by atoms with E-state index in [1.54, 1.807) is 38.1 Å². The number of hydrogen-bond acceptors (Lipinski definition) is 4. The van der Waals surface area contributed by atoms with E-state index in [1.807, 2.05) is 12.1 Å². The highest BCUT2D eigenvalue weighted by atomic mass is 16.3. The first-order valence-corrected chi connectivity index (χ1v) is 9.60. The van der Waals surface area contributed by atoms with Crippen molar-refractivity contribution in [3.05, 3.63) is 59.5 Å². The standard InChI is InChI=1S/C22H29N3O4/c1-14(19(26)23-13-18-7-6-12-29-18)24-20(27)15(2)25-21(28)16-8-10-17(11-9-16)22(3,4)5/h6-12,14-15H,13H2,1-5H3,(H,23,26)(H,24,27)(H,25,28). The van der Waals surface area contributed by atoms with E-state index >= 15 is 0 Å². The number of amides is 3. The number of carbonyl (C=O) groups excluding carboxylic acids is 3. The van der Waals surface area contributed by atoms with Crippen molar-refractivity contribution in [2.45, 2.75) is 58.7 Å². The van der Waals surface area contributed by atoms with Crippen molar-refractivity contribution in [2.24, 2.45) is 0 Å². The Bertz CT molecular complexity index is 836. The molecule has 0 saturated heterocycles. The Morgan fingerprint density at radius 2 is 1.55 bits per heavy atom. The number of benzene rings is 1. The van der Waals surface area contributed by atoms with Crippen LogP contribution in [0, 0.1) is 0 Å². The van der Waals surface area contributed by atoms with Crippen LogP contribution in [0.3, 0.4) is 0 Å². The third-order valence-corrected chi connectivity index (χ3v) is 4.52. The van der Waals surface area contributed by atoms with E-state index < -0.39 is 18.0 Å². The van der Waals surface area contributed by atoms with Gasteiger partial charge in [0.05, 0.1) is 12.8 Å². The Balaban J connectivity index is 1.84. The van der Waals surface area contributed by atoms with E-state index in [2.05, 4.69) is 36.7 Å². The SMILES string of the molecule is CC(NC(=O)c1ccc(C(C)(C)C)cc1)C(=O)NC(C)C(=O)NCc1ccco1. The maximum Gasteiger partial charge on any atom is 0.251 e. The quantitative estimate of drug-likeness (QED) is 0.666. The zero-order valence-corrected chi connectivity index (χ0v) is 17.5. The van der Waals surface area contributed by atoms with E-state index in [9.17, 15) is 14.4 Å². The third-order valence-electron chi connectivity index (χ3n) is 4.52. The van der Waals surface area contributed by atoms with Gasteiger partial charge in [-0.25, -0.2) is 0 Å². The van der Waals surface area contributed by atoms with Crippen LogP contribution >= 0.6 is 0 Å². The van der Waals surface area contributed by atoms with Crippen molar-refractivity contribution in [3.63, 3.8) is 0 Å². The summed E-state index contributed by atoms with van der Waals surface area (Å²) in [4.78, 5) is 36.8. The zero-order chi connectivity index (χ0) is 21.6. The van der Waals surface area contributed by atoms with Gasteiger partial charge in [0.2, 0.25) is 11.8 Å². The lowest BCUT2D eigenvalue weighted by Crippen LogP contribution is -2.51. The lowest BCUT2D eigenvalue weighted by Gasteiger charge is -2.20. The van der Waals surface area contributed by atoms with Gasteiger partial charge in [0.1, 0.15) is 17.8 Å². The van der Waals surface area contributed by atoms with Crippen molar-refractivity contribution in [1.29, 1.82) is 0 Å². The number of nitrogens with one attached hydrogen (secondary N) is 3. The number of hydrogen-bond donors (Lipinski definition) is 3. The average Bonchev–Trinajstić information content (AvgIpc) is 3.18. The lowest BCUT2D eigenvalue weighted by molar-refractivity contribution is -0.129. The summed E-state index contributed by atoms with van der Waals surface area (Å²) in [5.74, 6) is -0.505. The number of furan rings is 1. The molecule has 0 spiro atoms. The fourth-order valence-corrected chi connectivity index (χ4v) is 2.61. The Morgan fingerprint density at radius 3 is 2.10 bits per heavy atom. The Hall–Kier alpha value is -3.09. The summed E-state index contributed by atoms with van der Waals surface area (Å²) < 4.78 is 5.15. The number of carbonyl (C=O) groups is 3. The van der Waals surface area contributed by atoms with Crippen molar-refractivity contribution >= 4 is 17.7 Å². The molecule has 7 nitrogen and oxygen atoms in total. The van der Waals surface area contributed by atoms with E-state index in [4.69, 9.17) is 4.42 Å². The van der Waals surface area contributed by atoms with E-state index in [1.165, 1.54) is 6.26 Å². The first-order valence-electron chi connectivity index (χ1n) is 9.60. The van der Waals surface area contributed by atoms with E-state index in [0.717, 1.165) is 5.56 Å². The minimum absolute atomic E-state index is 0.00413. The molecule has 0 aliphatic rings. The maximum absolute atomic E-state index is 12.4. The number of rotatable bonds is 7. The Kier molecular flexibility index (Phi) is 7.20. The van der Waals surface area contributed by atoms with Gasteiger partial charge in [0.15, 0.2) is 0 Å². The average molecular weight is 399 g/mol. The van der Waals surface area contributed by atoms with Crippen LogP contribution in [0.5, 0.6) is 0 Å². The van der Waals surface area contributed by atoms with Gasteiger partial charge in [-0.2, -0.15) is 0 Å². The second-order valence-corrected chi connectivity index (χ2v) is 8.05. The molecule has 1 heterocycles. The van der Waals surface area contributed by atoms with Crippen LogP contribution in [-0.4, -0.2) is 29.8 Å². The molecule has 2 atom stereocenters. The summed E-state index contributed by atoms with van der Waals surface area (Å²) in [5, 5.41) is 7.93. The molecule has 0 saturated carbocycles. The summed E-state index contributed by atoms with van der Waals surface area (Å²) in [6, 6.07) is 9.24. The fraction of sp³-hybridized carbons (Fsp3) is 0.409. The van der Waals surface area contributed by atoms with Crippen molar-refractivity contribution in [2.75, 3.05) is 0 Å². The molecule has 1 aromatic heterocycles. The predicted octanol–water partition coefficient (Wildman–Crippen LogP) is 2.52. The van der Waals surface area contributed by atoms with Crippen molar-refractivity contribution in [3.8, 4) is 0 Å². The van der Waals surface area contributed by atoms with Crippen molar-refractivity contribution in [1.82, 2.24) is 16.0 Å². The molecule has 0 aliphatic heterocycles. The predicted molar refractivity (Wildman–Crippen MR) is 110 cm³/mol. The first kappa shape index (κ1) is 22.2. The highest BCUT2D eigenvalue weighted by Crippen LogP contribution is 2.22. The van der Waals surface area contributed by atoms with Crippen LogP contribution in [0.4, 0.5) is 0 Å². The molecule has 0 aliphatic carbocycles. The molecular weight excluding hydrogens is 370 g/mol. The highest BCUT2D eigenvalue weighted by Gasteiger charge is 2.22. The van der Waals surface area contributed by atoms with Gasteiger partial charge in [-0.1, -0.05) is 32.9 Å². The summed E-state index contributed by atoms with van der Waals surface area (Å²) >= 11 is 0. The van der Waals surface area contributed by atoms with Crippen LogP contribution in [0.2, 0.25) is 0 Å². The molecule has 0 fully saturated rings. The Labute approximate surface area is 171 Å². The van der Waals surface area contributed by atoms with Gasteiger partial charge < -0.3 is 20.4 Å². The summed E-state index contributed by atoms with van der Waals surface area (Å²) in [6.45, 7) is 9.68. The summed E-state index contributed by atoms with van der Waals surface area (Å²) in [5.41, 5.74) is 1.59. The van der Waals surface area contributed by atoms with Crippen LogP contribution in [0.25, 0.3) is 0 Å². The molecule has 29 heavy (non-hydrogen) atoms. The minimum atomic E-state index is -0.787. The maximum atomic E-state index is 12.4. The zero-order valence-electron chi connectivity index (χ0n) is 17.5. The molecule has 2 aromatic rings. The molecule has 7 heteroatoms. The molecule has 3 amide bonds. The minimum Gasteiger partial charge on any atom is -0.467 e. The lowest BCUT2D eigenvalue weighted by atomic mass is 9.86. The van der Waals surface area contributed by atoms with Gasteiger partial charge in [-0.05, 0) is 49.1 Å². The van der Waals surface area contributed by atoms with Crippen LogP contribution in [0.15, 0.2) is 47.1 Å². The molecule has 156 valence electrons. The molecule has 1 aromatic carbocycles. The van der Waals surface area contributed by atoms with Gasteiger partial charge in [0.25, 0.3) is 5.91 Å². The Morgan fingerprint density at radius 1 is 0.931 bits per heavy atom. The fourth-order valence-electron chi connectivity index (χ4n) is 2.61. The molecule has 0 bridgehead atoms. The molecule has 2 unspecified atom stereocenters. The smallest absolute Gasteiger partial charge is 0.251 e. The van der Waals surface area contributed by atoms with Gasteiger partial charge in [0, 0.05) is 5.56 Å². The van der Waals surface area contributed by atoms with Crippen LogP contribution in [-0.2, 0) is 21.5 Å². The molecule has 0 radical (unpaired) electrons. The van der Waals surface area contributed by atoms with E-state index in [-0.39, 0.29) is 23.8 Å². The monoisotopic (exact) mass is 399 g/mol. The van der Waals surface area contributed by atoms with Crippen LogP contribution in [0.1, 0.15) is 56.3 Å². The molecule has 2 rings (SSSR count). The van der Waals surface area contributed by atoms with Gasteiger partial charge in [-0.3, -0.25) is 14.4 Å². The summed E-state index contributed by atoms with van der Waals surface area (Å²) in [6.07, 6.45) is 1.52. The van der Waals surface area contributed by atoms with E-state index in [0.29, 0.717) is 11.3 Å². The van der Waals surface area contributed by atoms with Crippen molar-refractivity contribution < 1.29 is 18.8 Å². The molecule has 3 N–H and O–H groups in total. The molecular formula is C22H29N3O4. The highest BCUT2D eigenvalue weighted by molar-refractivity contribution is 5.98. The second-order valence-electron chi connectivity index (χ2n) is 8.05. The van der Waals surface area contributed by atoms with Crippen LogP contribution < -0.4 is 16.0 Å².